The quantitative estimate of drug-likeness (QED) is 0.777. The maximum absolute atomic E-state index is 12.3. The third-order valence-electron chi connectivity index (χ3n) is 3.67. The van der Waals surface area contributed by atoms with E-state index < -0.39 is 0 Å². The van der Waals surface area contributed by atoms with Gasteiger partial charge in [-0.15, -0.1) is 6.58 Å². The molecule has 0 bridgehead atoms. The van der Waals surface area contributed by atoms with Gasteiger partial charge in [-0.1, -0.05) is 30.3 Å². The number of Topliss-reactive ketones (excluding diaryl/α,β-unsaturated/α-hetero) is 1. The number of benzene rings is 1. The molecule has 2 rings (SSSR count). The van der Waals surface area contributed by atoms with Crippen LogP contribution in [0.15, 0.2) is 36.9 Å². The first-order chi connectivity index (χ1) is 9.13. The second-order valence-electron chi connectivity index (χ2n) is 5.02. The van der Waals surface area contributed by atoms with Crippen molar-refractivity contribution >= 4 is 11.7 Å². The van der Waals surface area contributed by atoms with Gasteiger partial charge in [0.2, 0.25) is 5.91 Å². The smallest absolute Gasteiger partial charge is 0.223 e. The topological polar surface area (TPSA) is 37.4 Å². The second kappa shape index (κ2) is 5.83. The van der Waals surface area contributed by atoms with E-state index in [9.17, 15) is 9.59 Å². The van der Waals surface area contributed by atoms with E-state index in [1.165, 1.54) is 0 Å². The molecular weight excluding hydrogens is 238 g/mol. The number of aryl methyl sites for hydroxylation is 1. The van der Waals surface area contributed by atoms with Crippen molar-refractivity contribution in [3.05, 3.63) is 48.0 Å². The number of hydrogen-bond acceptors (Lipinski definition) is 2. The average molecular weight is 257 g/mol. The molecular formula is C16H19NO2. The van der Waals surface area contributed by atoms with E-state index in [-0.39, 0.29) is 17.6 Å². The Morgan fingerprint density at radius 2 is 2.21 bits per heavy atom. The molecule has 1 amide bonds. The standard InChI is InChI=1S/C16H19NO2/c1-3-10-17(2)15(18)11-13-9-8-12-6-4-5-7-14(12)16(13)19/h3-7,13H,1,8-11H2,2H3. The number of ketones is 1. The summed E-state index contributed by atoms with van der Waals surface area (Å²) in [6.45, 7) is 4.14. The monoisotopic (exact) mass is 257 g/mol. The molecule has 0 aromatic heterocycles. The Kier molecular flexibility index (Phi) is 4.15. The van der Waals surface area contributed by atoms with E-state index in [0.29, 0.717) is 13.0 Å². The Bertz CT molecular complexity index is 507. The average Bonchev–Trinajstić information content (AvgIpc) is 2.42. The fraction of sp³-hybridized carbons (Fsp3) is 0.375. The SMILES string of the molecule is C=CCN(C)C(=O)CC1CCc2ccccc2C1=O. The molecule has 0 spiro atoms. The van der Waals surface area contributed by atoms with Gasteiger partial charge in [0.05, 0.1) is 0 Å². The fourth-order valence-corrected chi connectivity index (χ4v) is 2.52. The third-order valence-corrected chi connectivity index (χ3v) is 3.67. The lowest BCUT2D eigenvalue weighted by Gasteiger charge is -2.24. The van der Waals surface area contributed by atoms with Crippen LogP contribution in [0, 0.1) is 5.92 Å². The van der Waals surface area contributed by atoms with Crippen LogP contribution in [0.1, 0.15) is 28.8 Å². The highest BCUT2D eigenvalue weighted by Crippen LogP contribution is 2.27. The number of nitrogens with zero attached hydrogens (tertiary/aromatic N) is 1. The predicted octanol–water partition coefficient (Wildman–Crippen LogP) is 2.47. The van der Waals surface area contributed by atoms with Crippen LogP contribution in [-0.2, 0) is 11.2 Å². The number of carbonyl (C=O) groups excluding carboxylic acids is 2. The molecule has 3 nitrogen and oxygen atoms in total. The van der Waals surface area contributed by atoms with E-state index >= 15 is 0 Å². The van der Waals surface area contributed by atoms with Crippen LogP contribution in [-0.4, -0.2) is 30.2 Å². The molecule has 0 saturated heterocycles. The molecule has 100 valence electrons. The molecule has 0 fully saturated rings. The predicted molar refractivity (Wildman–Crippen MR) is 75.0 cm³/mol. The maximum atomic E-state index is 12.3. The molecule has 0 saturated carbocycles. The normalized spacial score (nSPS) is 17.7. The van der Waals surface area contributed by atoms with Gasteiger partial charge in [0.15, 0.2) is 5.78 Å². The van der Waals surface area contributed by atoms with Crippen LogP contribution in [0.3, 0.4) is 0 Å². The Labute approximate surface area is 113 Å². The minimum atomic E-state index is -0.172. The van der Waals surface area contributed by atoms with Gasteiger partial charge in [-0.25, -0.2) is 0 Å². The van der Waals surface area contributed by atoms with Gasteiger partial charge in [0.1, 0.15) is 0 Å². The van der Waals surface area contributed by atoms with Crippen LogP contribution in [0.2, 0.25) is 0 Å². The molecule has 1 aromatic carbocycles. The minimum Gasteiger partial charge on any atom is -0.342 e. The largest absolute Gasteiger partial charge is 0.342 e. The van der Waals surface area contributed by atoms with Crippen LogP contribution < -0.4 is 0 Å². The molecule has 1 atom stereocenters. The number of likely N-dealkylation sites (N-methyl/N-ethyl adjacent to an activating group) is 1. The zero-order valence-corrected chi connectivity index (χ0v) is 11.3. The van der Waals surface area contributed by atoms with Gasteiger partial charge in [-0.2, -0.15) is 0 Å². The van der Waals surface area contributed by atoms with Crippen LogP contribution in [0.25, 0.3) is 0 Å². The van der Waals surface area contributed by atoms with Crippen molar-refractivity contribution in [2.24, 2.45) is 5.92 Å². The minimum absolute atomic E-state index is 0.0117. The second-order valence-corrected chi connectivity index (χ2v) is 5.02. The lowest BCUT2D eigenvalue weighted by molar-refractivity contribution is -0.130. The molecule has 0 N–H and O–H groups in total. The first-order valence-corrected chi connectivity index (χ1v) is 6.60. The zero-order chi connectivity index (χ0) is 13.8. The molecule has 0 aliphatic heterocycles. The summed E-state index contributed by atoms with van der Waals surface area (Å²) in [6.07, 6.45) is 3.64. The van der Waals surface area contributed by atoms with Crippen molar-refractivity contribution < 1.29 is 9.59 Å². The summed E-state index contributed by atoms with van der Waals surface area (Å²) in [5.41, 5.74) is 1.90. The van der Waals surface area contributed by atoms with Gasteiger partial charge in [0, 0.05) is 31.5 Å². The van der Waals surface area contributed by atoms with E-state index in [1.807, 2.05) is 24.3 Å². The van der Waals surface area contributed by atoms with Crippen molar-refractivity contribution in [1.82, 2.24) is 4.90 Å². The fourth-order valence-electron chi connectivity index (χ4n) is 2.52. The highest BCUT2D eigenvalue weighted by Gasteiger charge is 2.29. The number of carbonyl (C=O) groups is 2. The van der Waals surface area contributed by atoms with Crippen LogP contribution in [0.4, 0.5) is 0 Å². The Morgan fingerprint density at radius 3 is 2.95 bits per heavy atom. The van der Waals surface area contributed by atoms with Crippen molar-refractivity contribution in [3.63, 3.8) is 0 Å². The summed E-state index contributed by atoms with van der Waals surface area (Å²) in [5.74, 6) is -0.0468. The number of amides is 1. The molecule has 1 aliphatic rings. The van der Waals surface area contributed by atoms with Crippen LogP contribution >= 0.6 is 0 Å². The highest BCUT2D eigenvalue weighted by molar-refractivity contribution is 6.01. The summed E-state index contributed by atoms with van der Waals surface area (Å²) in [5, 5.41) is 0. The molecule has 1 unspecified atom stereocenters. The first kappa shape index (κ1) is 13.5. The van der Waals surface area contributed by atoms with Gasteiger partial charge in [0.25, 0.3) is 0 Å². The summed E-state index contributed by atoms with van der Waals surface area (Å²) < 4.78 is 0. The van der Waals surface area contributed by atoms with Gasteiger partial charge in [-0.3, -0.25) is 9.59 Å². The summed E-state index contributed by atoms with van der Waals surface area (Å²) in [7, 11) is 1.74. The van der Waals surface area contributed by atoms with Crippen molar-refractivity contribution in [2.45, 2.75) is 19.3 Å². The lowest BCUT2D eigenvalue weighted by atomic mass is 9.81. The zero-order valence-electron chi connectivity index (χ0n) is 11.3. The lowest BCUT2D eigenvalue weighted by Crippen LogP contribution is -2.32. The third kappa shape index (κ3) is 2.92. The van der Waals surface area contributed by atoms with E-state index in [1.54, 1.807) is 18.0 Å². The molecule has 1 aromatic rings. The first-order valence-electron chi connectivity index (χ1n) is 6.60. The van der Waals surface area contributed by atoms with E-state index in [0.717, 1.165) is 24.0 Å². The summed E-state index contributed by atoms with van der Waals surface area (Å²) in [4.78, 5) is 25.9. The maximum Gasteiger partial charge on any atom is 0.223 e. The molecule has 0 heterocycles. The summed E-state index contributed by atoms with van der Waals surface area (Å²) in [6, 6.07) is 7.69. The molecule has 1 aliphatic carbocycles. The van der Waals surface area contributed by atoms with Crippen LogP contribution in [0.5, 0.6) is 0 Å². The molecule has 0 radical (unpaired) electrons. The van der Waals surface area contributed by atoms with Crippen molar-refractivity contribution in [1.29, 1.82) is 0 Å². The number of fused-ring (bicyclic) bond motifs is 1. The molecule has 19 heavy (non-hydrogen) atoms. The van der Waals surface area contributed by atoms with Gasteiger partial charge in [-0.05, 0) is 18.4 Å². The van der Waals surface area contributed by atoms with Gasteiger partial charge >= 0.3 is 0 Å². The number of hydrogen-bond donors (Lipinski definition) is 0. The van der Waals surface area contributed by atoms with Crippen molar-refractivity contribution in [2.75, 3.05) is 13.6 Å². The molecule has 3 heteroatoms. The van der Waals surface area contributed by atoms with E-state index in [2.05, 4.69) is 6.58 Å². The number of rotatable bonds is 4. The highest BCUT2D eigenvalue weighted by atomic mass is 16.2. The van der Waals surface area contributed by atoms with E-state index in [4.69, 9.17) is 0 Å². The Morgan fingerprint density at radius 1 is 1.47 bits per heavy atom. The Balaban J connectivity index is 2.06. The van der Waals surface area contributed by atoms with Crippen molar-refractivity contribution in [3.8, 4) is 0 Å². The van der Waals surface area contributed by atoms with Gasteiger partial charge < -0.3 is 4.90 Å². The Hall–Kier alpha value is -1.90. The summed E-state index contributed by atoms with van der Waals surface area (Å²) >= 11 is 0.